The molecule has 0 saturated heterocycles. The lowest BCUT2D eigenvalue weighted by Crippen LogP contribution is -2.07. The summed E-state index contributed by atoms with van der Waals surface area (Å²) < 4.78 is 3.96. The third-order valence-corrected chi connectivity index (χ3v) is 4.10. The number of rotatable bonds is 7. The summed E-state index contributed by atoms with van der Waals surface area (Å²) in [5.74, 6) is 1.87. The molecule has 0 saturated carbocycles. The Morgan fingerprint density at radius 1 is 1.21 bits per heavy atom. The van der Waals surface area contributed by atoms with Crippen LogP contribution in [0.1, 0.15) is 31.4 Å². The molecule has 2 aromatic rings. The average Bonchev–Trinajstić information content (AvgIpc) is 2.83. The first-order valence-corrected chi connectivity index (χ1v) is 8.18. The van der Waals surface area contributed by atoms with Crippen LogP contribution in [0.4, 0.5) is 5.95 Å². The Morgan fingerprint density at radius 2 is 1.95 bits per heavy atom. The van der Waals surface area contributed by atoms with Gasteiger partial charge in [-0.05, 0) is 31.8 Å². The predicted molar refractivity (Wildman–Crippen MR) is 82.5 cm³/mol. The molecule has 6 heteroatoms. The number of aryl methyl sites for hydroxylation is 3. The number of nitrogens with two attached hydrogens (primary N) is 1. The molecule has 0 unspecified atom stereocenters. The van der Waals surface area contributed by atoms with Crippen LogP contribution in [0.15, 0.2) is 0 Å². The molecule has 2 N–H and O–H groups in total. The zero-order valence-electron chi connectivity index (χ0n) is 12.0. The maximum absolute atomic E-state index is 6.01. The fourth-order valence-electron chi connectivity index (χ4n) is 2.44. The summed E-state index contributed by atoms with van der Waals surface area (Å²) >= 11 is 1.92. The summed E-state index contributed by atoms with van der Waals surface area (Å²) in [5, 5.41) is 4.40. The molecule has 2 aromatic heterocycles. The number of nitrogens with zero attached hydrogens (tertiary/aromatic N) is 4. The third-order valence-electron chi connectivity index (χ3n) is 3.40. The number of imidazole rings is 1. The molecule has 19 heavy (non-hydrogen) atoms. The highest BCUT2D eigenvalue weighted by atomic mass is 32.2. The third kappa shape index (κ3) is 3.05. The summed E-state index contributed by atoms with van der Waals surface area (Å²) in [6.45, 7) is 2.90. The monoisotopic (exact) mass is 281 g/mol. The van der Waals surface area contributed by atoms with Crippen molar-refractivity contribution >= 4 is 28.9 Å². The normalized spacial score (nSPS) is 11.5. The van der Waals surface area contributed by atoms with Gasteiger partial charge in [-0.15, -0.1) is 0 Å². The molecular formula is C13H23N5S. The molecule has 0 amide bonds. The van der Waals surface area contributed by atoms with Crippen molar-refractivity contribution < 1.29 is 0 Å². The highest BCUT2D eigenvalue weighted by Crippen LogP contribution is 2.21. The molecule has 0 aromatic carbocycles. The Kier molecular flexibility index (Phi) is 4.74. The van der Waals surface area contributed by atoms with Gasteiger partial charge in [-0.1, -0.05) is 12.8 Å². The van der Waals surface area contributed by atoms with Crippen LogP contribution in [0.5, 0.6) is 0 Å². The van der Waals surface area contributed by atoms with E-state index in [1.165, 1.54) is 25.0 Å². The fourth-order valence-corrected chi connectivity index (χ4v) is 2.93. The van der Waals surface area contributed by atoms with E-state index >= 15 is 0 Å². The van der Waals surface area contributed by atoms with Gasteiger partial charge in [0.15, 0.2) is 5.65 Å². The van der Waals surface area contributed by atoms with E-state index in [-0.39, 0.29) is 0 Å². The van der Waals surface area contributed by atoms with Crippen molar-refractivity contribution in [2.24, 2.45) is 7.05 Å². The van der Waals surface area contributed by atoms with Gasteiger partial charge in [0.05, 0.1) is 5.69 Å². The summed E-state index contributed by atoms with van der Waals surface area (Å²) in [6, 6.07) is 0. The first kappa shape index (κ1) is 14.2. The standard InChI is InChI=1S/C13H23N5S/c1-10-11-12(17(2)16-10)18(13(14)15-11)8-6-4-5-7-9-19-3/h4-9H2,1-3H3,(H2,14,15). The maximum atomic E-state index is 6.01. The number of fused-ring (bicyclic) bond motifs is 1. The molecule has 0 radical (unpaired) electrons. The molecule has 0 spiro atoms. The molecule has 0 bridgehead atoms. The summed E-state index contributed by atoms with van der Waals surface area (Å²) in [7, 11) is 1.95. The summed E-state index contributed by atoms with van der Waals surface area (Å²) in [6.07, 6.45) is 7.16. The quantitative estimate of drug-likeness (QED) is 0.792. The maximum Gasteiger partial charge on any atom is 0.202 e. The molecular weight excluding hydrogens is 258 g/mol. The first-order valence-electron chi connectivity index (χ1n) is 6.79. The van der Waals surface area contributed by atoms with E-state index in [0.29, 0.717) is 5.95 Å². The Balaban J connectivity index is 1.98. The number of unbranched alkanes of at least 4 members (excludes halogenated alkanes) is 3. The molecule has 0 aliphatic rings. The Hall–Kier alpha value is -1.17. The Morgan fingerprint density at radius 3 is 2.68 bits per heavy atom. The number of thioether (sulfide) groups is 1. The molecule has 0 atom stereocenters. The SMILES string of the molecule is CSCCCCCCn1c(N)nc2c(C)nn(C)c21. The zero-order valence-corrected chi connectivity index (χ0v) is 12.8. The van der Waals surface area contributed by atoms with Gasteiger partial charge in [0.1, 0.15) is 5.52 Å². The Labute approximate surface area is 118 Å². The second kappa shape index (κ2) is 6.32. The minimum absolute atomic E-state index is 0.607. The number of anilines is 1. The predicted octanol–water partition coefficient (Wildman–Crippen LogP) is 2.58. The molecule has 5 nitrogen and oxygen atoms in total. The van der Waals surface area contributed by atoms with Gasteiger partial charge in [0.25, 0.3) is 0 Å². The molecule has 2 rings (SSSR count). The van der Waals surface area contributed by atoms with E-state index in [2.05, 4.69) is 20.9 Å². The molecule has 0 aliphatic heterocycles. The Bertz CT molecular complexity index is 543. The van der Waals surface area contributed by atoms with E-state index in [9.17, 15) is 0 Å². The number of hydrogen-bond acceptors (Lipinski definition) is 4. The van der Waals surface area contributed by atoms with Crippen LogP contribution in [-0.4, -0.2) is 31.3 Å². The highest BCUT2D eigenvalue weighted by molar-refractivity contribution is 7.98. The van der Waals surface area contributed by atoms with Crippen molar-refractivity contribution in [1.29, 1.82) is 0 Å². The minimum atomic E-state index is 0.607. The van der Waals surface area contributed by atoms with Crippen molar-refractivity contribution in [3.8, 4) is 0 Å². The van der Waals surface area contributed by atoms with Gasteiger partial charge in [0.2, 0.25) is 5.95 Å². The zero-order chi connectivity index (χ0) is 13.8. The van der Waals surface area contributed by atoms with Crippen LogP contribution < -0.4 is 5.73 Å². The first-order chi connectivity index (χ1) is 9.15. The molecule has 106 valence electrons. The van der Waals surface area contributed by atoms with Crippen LogP contribution in [0.3, 0.4) is 0 Å². The largest absolute Gasteiger partial charge is 0.369 e. The second-order valence-corrected chi connectivity index (χ2v) is 5.90. The van der Waals surface area contributed by atoms with Gasteiger partial charge in [-0.25, -0.2) is 4.98 Å². The minimum Gasteiger partial charge on any atom is -0.369 e. The van der Waals surface area contributed by atoms with E-state index in [0.717, 1.165) is 29.8 Å². The topological polar surface area (TPSA) is 61.7 Å². The lowest BCUT2D eigenvalue weighted by Gasteiger charge is -2.06. The van der Waals surface area contributed by atoms with Gasteiger partial charge in [-0.3, -0.25) is 9.25 Å². The average molecular weight is 281 g/mol. The smallest absolute Gasteiger partial charge is 0.202 e. The van der Waals surface area contributed by atoms with Gasteiger partial charge in [-0.2, -0.15) is 16.9 Å². The van der Waals surface area contributed by atoms with Crippen LogP contribution in [0.25, 0.3) is 11.2 Å². The van der Waals surface area contributed by atoms with Crippen LogP contribution in [0, 0.1) is 6.92 Å². The van der Waals surface area contributed by atoms with Crippen molar-refractivity contribution in [2.75, 3.05) is 17.7 Å². The van der Waals surface area contributed by atoms with Gasteiger partial charge < -0.3 is 5.73 Å². The number of hydrogen-bond donors (Lipinski definition) is 1. The molecule has 2 heterocycles. The van der Waals surface area contributed by atoms with Crippen LogP contribution in [0.2, 0.25) is 0 Å². The fraction of sp³-hybridized carbons (Fsp3) is 0.692. The highest BCUT2D eigenvalue weighted by Gasteiger charge is 2.14. The van der Waals surface area contributed by atoms with Gasteiger partial charge in [0, 0.05) is 13.6 Å². The van der Waals surface area contributed by atoms with Crippen LogP contribution >= 0.6 is 11.8 Å². The van der Waals surface area contributed by atoms with Crippen LogP contribution in [-0.2, 0) is 13.6 Å². The van der Waals surface area contributed by atoms with E-state index in [4.69, 9.17) is 5.73 Å². The molecule has 0 aliphatic carbocycles. The van der Waals surface area contributed by atoms with Crippen molar-refractivity contribution in [3.05, 3.63) is 5.69 Å². The van der Waals surface area contributed by atoms with E-state index in [1.807, 2.05) is 30.4 Å². The number of aromatic nitrogens is 4. The number of nitrogen functional groups attached to an aromatic ring is 1. The summed E-state index contributed by atoms with van der Waals surface area (Å²) in [4.78, 5) is 4.42. The summed E-state index contributed by atoms with van der Waals surface area (Å²) in [5.41, 5.74) is 8.93. The van der Waals surface area contributed by atoms with Gasteiger partial charge >= 0.3 is 0 Å². The molecule has 0 fully saturated rings. The lowest BCUT2D eigenvalue weighted by molar-refractivity contribution is 0.586. The van der Waals surface area contributed by atoms with Crippen molar-refractivity contribution in [2.45, 2.75) is 39.2 Å². The van der Waals surface area contributed by atoms with Crippen molar-refractivity contribution in [1.82, 2.24) is 19.3 Å². The second-order valence-electron chi connectivity index (χ2n) is 4.91. The van der Waals surface area contributed by atoms with E-state index in [1.54, 1.807) is 0 Å². The van der Waals surface area contributed by atoms with E-state index < -0.39 is 0 Å². The lowest BCUT2D eigenvalue weighted by atomic mass is 10.2. The van der Waals surface area contributed by atoms with Crippen molar-refractivity contribution in [3.63, 3.8) is 0 Å².